The van der Waals surface area contributed by atoms with Crippen LogP contribution in [0.15, 0.2) is 12.7 Å². The first-order valence-electron chi connectivity index (χ1n) is 1.46. The fourth-order valence-electron chi connectivity index (χ4n) is 0. The van der Waals surface area contributed by atoms with Crippen LogP contribution in [0.4, 0.5) is 0 Å². The van der Waals surface area contributed by atoms with Gasteiger partial charge in [-0.3, -0.25) is 0 Å². The van der Waals surface area contributed by atoms with Crippen molar-refractivity contribution in [3.05, 3.63) is 26.5 Å². The van der Waals surface area contributed by atoms with Gasteiger partial charge >= 0.3 is 23.1 Å². The standard InChI is InChI=1S/C3H5.C3H3.Mg/c2*1-3-2;/h3H,1-2H2;1H,2H2;/q2*-1;+2. The molecule has 0 aliphatic rings. The first kappa shape index (κ1) is 15.8. The molecule has 0 rings (SSSR count). The van der Waals surface area contributed by atoms with Gasteiger partial charge in [-0.05, 0) is 0 Å². The molecular weight excluding hydrogens is 96.4 g/mol. The summed E-state index contributed by atoms with van der Waals surface area (Å²) in [5.74, 6) is 2.00. The van der Waals surface area contributed by atoms with Crippen molar-refractivity contribution in [1.82, 2.24) is 0 Å². The summed E-state index contributed by atoms with van der Waals surface area (Å²) in [5.41, 5.74) is 0. The van der Waals surface area contributed by atoms with Gasteiger partial charge in [-0.15, -0.1) is 0 Å². The maximum atomic E-state index is 4.49. The molecule has 0 radical (unpaired) electrons. The molecule has 7 heavy (non-hydrogen) atoms. The summed E-state index contributed by atoms with van der Waals surface area (Å²) in [4.78, 5) is 0. The topological polar surface area (TPSA) is 0 Å². The summed E-state index contributed by atoms with van der Waals surface area (Å²) < 4.78 is 0. The SMILES string of the molecule is C#C[CH2-].C=C[CH2-].[Mg+2]. The Labute approximate surface area is 62.1 Å². The molecule has 0 fully saturated rings. The summed E-state index contributed by atoms with van der Waals surface area (Å²) in [6, 6.07) is 0. The predicted molar refractivity (Wildman–Crippen MR) is 35.5 cm³/mol. The molecule has 0 aromatic carbocycles. The van der Waals surface area contributed by atoms with E-state index in [0.717, 1.165) is 0 Å². The van der Waals surface area contributed by atoms with Crippen LogP contribution in [0.3, 0.4) is 0 Å². The number of hydrogen-bond donors (Lipinski definition) is 0. The summed E-state index contributed by atoms with van der Waals surface area (Å²) in [6.45, 7) is 9.51. The largest absolute Gasteiger partial charge is 2.00 e. The third-order valence-electron chi connectivity index (χ3n) is 0. The maximum absolute atomic E-state index is 4.49. The van der Waals surface area contributed by atoms with E-state index in [4.69, 9.17) is 0 Å². The van der Waals surface area contributed by atoms with Gasteiger partial charge in [-0.1, -0.05) is 0 Å². The van der Waals surface area contributed by atoms with Crippen LogP contribution < -0.4 is 0 Å². The second-order valence-electron chi connectivity index (χ2n) is 0.493. The molecule has 0 N–H and O–H groups in total. The molecule has 0 aromatic heterocycles. The molecular formula is C6H8Mg. The smallest absolute Gasteiger partial charge is 0.345 e. The molecule has 0 aromatic rings. The molecule has 0 aliphatic carbocycles. The van der Waals surface area contributed by atoms with Crippen LogP contribution in [0.1, 0.15) is 0 Å². The van der Waals surface area contributed by atoms with E-state index in [-0.39, 0.29) is 23.1 Å². The van der Waals surface area contributed by atoms with Crippen LogP contribution in [-0.2, 0) is 0 Å². The molecule has 0 atom stereocenters. The number of terminal acetylenes is 1. The van der Waals surface area contributed by atoms with Crippen molar-refractivity contribution in [2.45, 2.75) is 0 Å². The molecule has 0 saturated heterocycles. The van der Waals surface area contributed by atoms with Crippen molar-refractivity contribution in [3.8, 4) is 12.3 Å². The van der Waals surface area contributed by atoms with Gasteiger partial charge in [0, 0.05) is 0 Å². The quantitative estimate of drug-likeness (QED) is 0.245. The van der Waals surface area contributed by atoms with E-state index in [9.17, 15) is 0 Å². The van der Waals surface area contributed by atoms with Crippen LogP contribution in [0.2, 0.25) is 0 Å². The summed E-state index contributed by atoms with van der Waals surface area (Å²) in [6.07, 6.45) is 5.99. The molecule has 0 saturated carbocycles. The molecule has 0 unspecified atom stereocenters. The summed E-state index contributed by atoms with van der Waals surface area (Å²) >= 11 is 0. The molecule has 0 bridgehead atoms. The maximum Gasteiger partial charge on any atom is 2.00 e. The van der Waals surface area contributed by atoms with Gasteiger partial charge in [0.1, 0.15) is 0 Å². The number of rotatable bonds is 0. The third-order valence-corrected chi connectivity index (χ3v) is 0. The Kier molecular flexibility index (Phi) is 93.0. The predicted octanol–water partition coefficient (Wildman–Crippen LogP) is 1.08. The summed E-state index contributed by atoms with van der Waals surface area (Å²) in [5, 5.41) is 0. The average Bonchev–Trinajstić information content (AvgIpc) is 1.39. The molecule has 0 nitrogen and oxygen atoms in total. The molecule has 0 heterocycles. The van der Waals surface area contributed by atoms with Crippen molar-refractivity contribution in [1.29, 1.82) is 0 Å². The van der Waals surface area contributed by atoms with Crippen LogP contribution in [0.25, 0.3) is 0 Å². The normalized spacial score (nSPS) is 2.71. The Bertz CT molecular complexity index is 49.7. The first-order chi connectivity index (χ1) is 2.83. The van der Waals surface area contributed by atoms with Gasteiger partial charge in [0.05, 0.1) is 0 Å². The Balaban J connectivity index is -0.0000000400. The van der Waals surface area contributed by atoms with E-state index in [1.54, 1.807) is 0 Å². The Morgan fingerprint density at radius 1 is 1.71 bits per heavy atom. The minimum absolute atomic E-state index is 0. The van der Waals surface area contributed by atoms with Crippen LogP contribution in [0, 0.1) is 26.2 Å². The van der Waals surface area contributed by atoms with Crippen molar-refractivity contribution in [2.24, 2.45) is 0 Å². The number of hydrogen-bond acceptors (Lipinski definition) is 0. The minimum atomic E-state index is 0. The number of allylic oxidation sites excluding steroid dienone is 1. The Hall–Kier alpha value is -0.194. The van der Waals surface area contributed by atoms with Crippen molar-refractivity contribution in [2.75, 3.05) is 0 Å². The second kappa shape index (κ2) is 41.1. The summed E-state index contributed by atoms with van der Waals surface area (Å²) in [7, 11) is 0. The minimum Gasteiger partial charge on any atom is -0.345 e. The van der Waals surface area contributed by atoms with Gasteiger partial charge < -0.3 is 12.3 Å². The molecule has 0 aliphatic heterocycles. The van der Waals surface area contributed by atoms with E-state index in [1.807, 2.05) is 5.92 Å². The van der Waals surface area contributed by atoms with Crippen molar-refractivity contribution < 1.29 is 0 Å². The van der Waals surface area contributed by atoms with Gasteiger partial charge in [0.15, 0.2) is 0 Å². The molecule has 34 valence electrons. The zero-order valence-corrected chi connectivity index (χ0v) is 5.90. The zero-order chi connectivity index (χ0) is 5.41. The Morgan fingerprint density at radius 2 is 1.71 bits per heavy atom. The Morgan fingerprint density at radius 3 is 1.71 bits per heavy atom. The van der Waals surface area contributed by atoms with Crippen molar-refractivity contribution in [3.63, 3.8) is 0 Å². The van der Waals surface area contributed by atoms with Crippen LogP contribution in [0.5, 0.6) is 0 Å². The molecule has 0 spiro atoms. The average molecular weight is 104 g/mol. The van der Waals surface area contributed by atoms with Crippen LogP contribution in [-0.4, -0.2) is 23.1 Å². The van der Waals surface area contributed by atoms with Crippen molar-refractivity contribution >= 4 is 23.1 Å². The van der Waals surface area contributed by atoms with E-state index < -0.39 is 0 Å². The van der Waals surface area contributed by atoms with Gasteiger partial charge in [-0.25, -0.2) is 19.6 Å². The molecule has 0 amide bonds. The van der Waals surface area contributed by atoms with E-state index in [0.29, 0.717) is 0 Å². The fourth-order valence-corrected chi connectivity index (χ4v) is 0. The monoisotopic (exact) mass is 104 g/mol. The molecule has 1 heteroatoms. The van der Waals surface area contributed by atoms with Gasteiger partial charge in [0.2, 0.25) is 0 Å². The third kappa shape index (κ3) is 2240. The first-order valence-corrected chi connectivity index (χ1v) is 1.46. The van der Waals surface area contributed by atoms with E-state index >= 15 is 0 Å². The van der Waals surface area contributed by atoms with E-state index in [1.165, 1.54) is 6.08 Å². The van der Waals surface area contributed by atoms with Gasteiger partial charge in [-0.2, -0.15) is 6.92 Å². The van der Waals surface area contributed by atoms with Gasteiger partial charge in [0.25, 0.3) is 0 Å². The van der Waals surface area contributed by atoms with E-state index in [2.05, 4.69) is 26.8 Å². The fraction of sp³-hybridized carbons (Fsp3) is 0. The zero-order valence-electron chi connectivity index (χ0n) is 4.48. The second-order valence-corrected chi connectivity index (χ2v) is 0.493. The van der Waals surface area contributed by atoms with Crippen LogP contribution >= 0.6 is 0 Å².